The maximum atomic E-state index is 6.19. The van der Waals surface area contributed by atoms with E-state index in [4.69, 9.17) is 22.1 Å². The number of ether oxygens (including phenoxy) is 1. The van der Waals surface area contributed by atoms with Crippen molar-refractivity contribution in [3.63, 3.8) is 0 Å². The van der Waals surface area contributed by atoms with E-state index in [1.54, 1.807) is 7.11 Å². The van der Waals surface area contributed by atoms with Gasteiger partial charge in [0.25, 0.3) is 0 Å². The van der Waals surface area contributed by atoms with Crippen LogP contribution in [0.3, 0.4) is 0 Å². The zero-order valence-corrected chi connectivity index (χ0v) is 13.0. The van der Waals surface area contributed by atoms with Crippen molar-refractivity contribution in [3.8, 4) is 5.75 Å². The number of methoxy groups -OCH3 is 1. The van der Waals surface area contributed by atoms with E-state index in [0.717, 1.165) is 22.9 Å². The van der Waals surface area contributed by atoms with Crippen molar-refractivity contribution in [2.45, 2.75) is 31.8 Å². The van der Waals surface area contributed by atoms with Crippen LogP contribution in [0.2, 0.25) is 5.02 Å². The van der Waals surface area contributed by atoms with Crippen LogP contribution in [0.1, 0.15) is 25.3 Å². The second-order valence-corrected chi connectivity index (χ2v) is 5.61. The Morgan fingerprint density at radius 2 is 2.16 bits per heavy atom. The molecule has 0 amide bonds. The first-order valence-corrected chi connectivity index (χ1v) is 6.74. The van der Waals surface area contributed by atoms with Crippen LogP contribution in [-0.2, 0) is 6.54 Å². The lowest BCUT2D eigenvalue weighted by Crippen LogP contribution is -2.50. The summed E-state index contributed by atoms with van der Waals surface area (Å²) >= 11 is 6.19. The Morgan fingerprint density at radius 1 is 1.47 bits per heavy atom. The third-order valence-electron chi connectivity index (χ3n) is 3.84. The monoisotopic (exact) mass is 304 g/mol. The lowest BCUT2D eigenvalue weighted by atomic mass is 9.95. The van der Waals surface area contributed by atoms with Gasteiger partial charge in [-0.1, -0.05) is 11.6 Å². The molecule has 3 N–H and O–H groups in total. The van der Waals surface area contributed by atoms with Crippen LogP contribution in [0, 0.1) is 5.92 Å². The zero-order valence-electron chi connectivity index (χ0n) is 11.4. The topological polar surface area (TPSA) is 47.3 Å². The molecule has 1 saturated carbocycles. The van der Waals surface area contributed by atoms with Gasteiger partial charge >= 0.3 is 0 Å². The number of hydrogen-bond donors (Lipinski definition) is 2. The fourth-order valence-electron chi connectivity index (χ4n) is 2.21. The van der Waals surface area contributed by atoms with Crippen LogP contribution >= 0.6 is 24.0 Å². The van der Waals surface area contributed by atoms with Gasteiger partial charge < -0.3 is 15.8 Å². The van der Waals surface area contributed by atoms with E-state index in [-0.39, 0.29) is 17.9 Å². The Morgan fingerprint density at radius 3 is 2.68 bits per heavy atom. The summed E-state index contributed by atoms with van der Waals surface area (Å²) in [6, 6.07) is 5.71. The first kappa shape index (κ1) is 16.6. The summed E-state index contributed by atoms with van der Waals surface area (Å²) in [6.07, 6.45) is 2.54. The molecule has 5 heteroatoms. The zero-order chi connectivity index (χ0) is 13.2. The molecule has 0 saturated heterocycles. The molecule has 0 aliphatic heterocycles. The molecule has 0 heterocycles. The SMILES string of the molecule is COc1ccc(Cl)c(CNC(C)(CN)C2CC2)c1.Cl. The van der Waals surface area contributed by atoms with Crippen molar-refractivity contribution in [1.82, 2.24) is 5.32 Å². The van der Waals surface area contributed by atoms with Gasteiger partial charge in [-0.2, -0.15) is 0 Å². The molecule has 1 aromatic rings. The van der Waals surface area contributed by atoms with Crippen LogP contribution in [-0.4, -0.2) is 19.2 Å². The van der Waals surface area contributed by atoms with Gasteiger partial charge in [0.05, 0.1) is 7.11 Å². The van der Waals surface area contributed by atoms with Gasteiger partial charge in [0.1, 0.15) is 5.75 Å². The summed E-state index contributed by atoms with van der Waals surface area (Å²) in [5.74, 6) is 1.53. The standard InChI is InChI=1S/C14H21ClN2O.ClH/c1-14(9-16,11-3-4-11)17-8-10-7-12(18-2)5-6-13(10)15;/h5-7,11,17H,3-4,8-9,16H2,1-2H3;1H. The van der Waals surface area contributed by atoms with Crippen LogP contribution in [0.25, 0.3) is 0 Å². The number of rotatable bonds is 6. The Balaban J connectivity index is 0.00000180. The van der Waals surface area contributed by atoms with E-state index in [2.05, 4.69) is 12.2 Å². The van der Waals surface area contributed by atoms with Gasteiger partial charge in [0, 0.05) is 23.7 Å². The lowest BCUT2D eigenvalue weighted by molar-refractivity contribution is 0.316. The van der Waals surface area contributed by atoms with Gasteiger partial charge in [0.2, 0.25) is 0 Å². The van der Waals surface area contributed by atoms with E-state index in [0.29, 0.717) is 12.5 Å². The van der Waals surface area contributed by atoms with Gasteiger partial charge in [-0.15, -0.1) is 12.4 Å². The Bertz CT molecular complexity index is 424. The molecule has 108 valence electrons. The minimum absolute atomic E-state index is 0. The highest BCUT2D eigenvalue weighted by molar-refractivity contribution is 6.31. The van der Waals surface area contributed by atoms with E-state index in [1.165, 1.54) is 12.8 Å². The molecule has 1 fully saturated rings. The van der Waals surface area contributed by atoms with Gasteiger partial charge in [-0.05, 0) is 49.4 Å². The van der Waals surface area contributed by atoms with Crippen molar-refractivity contribution in [1.29, 1.82) is 0 Å². The molecule has 1 atom stereocenters. The molecule has 1 aliphatic carbocycles. The molecular formula is C14H22Cl2N2O. The summed E-state index contributed by atoms with van der Waals surface area (Å²) in [4.78, 5) is 0. The minimum atomic E-state index is 0. The number of nitrogens with one attached hydrogen (secondary N) is 1. The molecule has 0 aromatic heterocycles. The van der Waals surface area contributed by atoms with Crippen molar-refractivity contribution >= 4 is 24.0 Å². The molecule has 0 spiro atoms. The van der Waals surface area contributed by atoms with Gasteiger partial charge in [-0.25, -0.2) is 0 Å². The first-order valence-electron chi connectivity index (χ1n) is 6.36. The van der Waals surface area contributed by atoms with E-state index >= 15 is 0 Å². The predicted molar refractivity (Wildman–Crippen MR) is 82.3 cm³/mol. The predicted octanol–water partition coefficient (Wildman–Crippen LogP) is 2.99. The van der Waals surface area contributed by atoms with Crippen molar-refractivity contribution in [2.24, 2.45) is 11.7 Å². The highest BCUT2D eigenvalue weighted by Crippen LogP contribution is 2.39. The summed E-state index contributed by atoms with van der Waals surface area (Å²) in [5.41, 5.74) is 6.96. The molecule has 1 aliphatic rings. The van der Waals surface area contributed by atoms with Crippen LogP contribution in [0.4, 0.5) is 0 Å². The minimum Gasteiger partial charge on any atom is -0.497 e. The second-order valence-electron chi connectivity index (χ2n) is 5.21. The third kappa shape index (κ3) is 3.99. The van der Waals surface area contributed by atoms with E-state index in [1.807, 2.05) is 18.2 Å². The molecule has 19 heavy (non-hydrogen) atoms. The molecule has 1 aromatic carbocycles. The Kier molecular flexibility index (Phi) is 5.93. The van der Waals surface area contributed by atoms with E-state index < -0.39 is 0 Å². The van der Waals surface area contributed by atoms with Crippen molar-refractivity contribution in [3.05, 3.63) is 28.8 Å². The normalized spacial score (nSPS) is 17.5. The summed E-state index contributed by atoms with van der Waals surface area (Å²) < 4.78 is 5.22. The van der Waals surface area contributed by atoms with Crippen molar-refractivity contribution in [2.75, 3.05) is 13.7 Å². The number of halogens is 2. The van der Waals surface area contributed by atoms with Crippen LogP contribution in [0.5, 0.6) is 5.75 Å². The maximum absolute atomic E-state index is 6.19. The van der Waals surface area contributed by atoms with Crippen LogP contribution < -0.4 is 15.8 Å². The lowest BCUT2D eigenvalue weighted by Gasteiger charge is -2.30. The highest BCUT2D eigenvalue weighted by atomic mass is 35.5. The molecule has 2 rings (SSSR count). The van der Waals surface area contributed by atoms with Gasteiger partial charge in [0.15, 0.2) is 0 Å². The fraction of sp³-hybridized carbons (Fsp3) is 0.571. The molecule has 3 nitrogen and oxygen atoms in total. The van der Waals surface area contributed by atoms with Gasteiger partial charge in [-0.3, -0.25) is 0 Å². The maximum Gasteiger partial charge on any atom is 0.119 e. The van der Waals surface area contributed by atoms with E-state index in [9.17, 15) is 0 Å². The summed E-state index contributed by atoms with van der Waals surface area (Å²) in [5, 5.41) is 4.31. The average Bonchev–Trinajstić information content (AvgIpc) is 3.22. The molecule has 0 bridgehead atoms. The summed E-state index contributed by atoms with van der Waals surface area (Å²) in [7, 11) is 1.66. The van der Waals surface area contributed by atoms with Crippen molar-refractivity contribution < 1.29 is 4.74 Å². The molecule has 0 radical (unpaired) electrons. The molecular weight excluding hydrogens is 283 g/mol. The average molecular weight is 305 g/mol. The fourth-order valence-corrected chi connectivity index (χ4v) is 2.40. The Labute approximate surface area is 126 Å². The number of hydrogen-bond acceptors (Lipinski definition) is 3. The number of nitrogens with two attached hydrogens (primary N) is 1. The second kappa shape index (κ2) is 6.80. The third-order valence-corrected chi connectivity index (χ3v) is 4.21. The molecule has 1 unspecified atom stereocenters. The quantitative estimate of drug-likeness (QED) is 0.849. The number of benzene rings is 1. The largest absolute Gasteiger partial charge is 0.497 e. The Hall–Kier alpha value is -0.480. The first-order chi connectivity index (χ1) is 8.59. The highest BCUT2D eigenvalue weighted by Gasteiger charge is 2.39. The summed E-state index contributed by atoms with van der Waals surface area (Å²) in [6.45, 7) is 3.57. The smallest absolute Gasteiger partial charge is 0.119 e. The van der Waals surface area contributed by atoms with Crippen LogP contribution in [0.15, 0.2) is 18.2 Å².